The lowest BCUT2D eigenvalue weighted by atomic mass is 10.1. The number of nitrogens with zero attached hydrogens (tertiary/aromatic N) is 2. The van der Waals surface area contributed by atoms with Crippen LogP contribution in [0.3, 0.4) is 0 Å². The van der Waals surface area contributed by atoms with Gasteiger partial charge in [-0.1, -0.05) is 31.5 Å². The lowest BCUT2D eigenvalue weighted by molar-refractivity contribution is -0.131. The van der Waals surface area contributed by atoms with Crippen molar-refractivity contribution in [3.05, 3.63) is 34.3 Å². The van der Waals surface area contributed by atoms with Crippen molar-refractivity contribution in [1.82, 2.24) is 9.80 Å². The third kappa shape index (κ3) is 3.55. The molecular weight excluding hydrogens is 316 g/mol. The van der Waals surface area contributed by atoms with Crippen LogP contribution in [-0.4, -0.2) is 47.2 Å². The SMILES string of the molecule is CCCN(CCC)C(=O)CCN1C(=O)c2cccc(Cl)c2C1=O. The van der Waals surface area contributed by atoms with Gasteiger partial charge in [0.05, 0.1) is 16.1 Å². The van der Waals surface area contributed by atoms with Crippen molar-refractivity contribution in [2.45, 2.75) is 33.1 Å². The van der Waals surface area contributed by atoms with Crippen LogP contribution in [0.15, 0.2) is 18.2 Å². The highest BCUT2D eigenvalue weighted by molar-refractivity contribution is 6.37. The monoisotopic (exact) mass is 336 g/mol. The first-order chi connectivity index (χ1) is 11.0. The Kier molecular flexibility index (Phi) is 5.77. The highest BCUT2D eigenvalue weighted by Crippen LogP contribution is 2.29. The van der Waals surface area contributed by atoms with Crippen LogP contribution in [0.4, 0.5) is 0 Å². The number of hydrogen-bond donors (Lipinski definition) is 0. The van der Waals surface area contributed by atoms with Crippen molar-refractivity contribution in [3.63, 3.8) is 0 Å². The second kappa shape index (κ2) is 7.59. The molecule has 0 saturated carbocycles. The third-order valence-corrected chi connectivity index (χ3v) is 4.15. The molecule has 0 spiro atoms. The zero-order chi connectivity index (χ0) is 17.0. The lowest BCUT2D eigenvalue weighted by Gasteiger charge is -2.22. The predicted molar refractivity (Wildman–Crippen MR) is 88.6 cm³/mol. The summed E-state index contributed by atoms with van der Waals surface area (Å²) < 4.78 is 0. The molecule has 1 aliphatic heterocycles. The van der Waals surface area contributed by atoms with Gasteiger partial charge < -0.3 is 4.90 Å². The lowest BCUT2D eigenvalue weighted by Crippen LogP contribution is -2.37. The summed E-state index contributed by atoms with van der Waals surface area (Å²) in [6.45, 7) is 5.51. The number of fused-ring (bicyclic) bond motifs is 1. The Morgan fingerprint density at radius 3 is 2.35 bits per heavy atom. The minimum Gasteiger partial charge on any atom is -0.343 e. The molecule has 0 aromatic heterocycles. The maximum Gasteiger partial charge on any atom is 0.263 e. The minimum absolute atomic E-state index is 0.0312. The Labute approximate surface area is 141 Å². The Bertz CT molecular complexity index is 624. The summed E-state index contributed by atoms with van der Waals surface area (Å²) in [6, 6.07) is 4.82. The molecular formula is C17H21ClN2O3. The van der Waals surface area contributed by atoms with E-state index in [0.29, 0.717) is 18.7 Å². The molecule has 6 heteroatoms. The van der Waals surface area contributed by atoms with Crippen LogP contribution in [-0.2, 0) is 4.79 Å². The number of rotatable bonds is 7. The molecule has 0 aliphatic carbocycles. The van der Waals surface area contributed by atoms with E-state index in [1.165, 1.54) is 0 Å². The molecule has 0 fully saturated rings. The van der Waals surface area contributed by atoms with Crippen LogP contribution >= 0.6 is 11.6 Å². The van der Waals surface area contributed by atoms with E-state index in [-0.39, 0.29) is 35.4 Å². The molecule has 23 heavy (non-hydrogen) atoms. The normalized spacial score (nSPS) is 13.4. The molecule has 0 bridgehead atoms. The van der Waals surface area contributed by atoms with Gasteiger partial charge in [0.15, 0.2) is 0 Å². The van der Waals surface area contributed by atoms with Gasteiger partial charge in [0.1, 0.15) is 0 Å². The number of benzene rings is 1. The van der Waals surface area contributed by atoms with Crippen LogP contribution in [0, 0.1) is 0 Å². The first-order valence-electron chi connectivity index (χ1n) is 7.93. The minimum atomic E-state index is -0.416. The van der Waals surface area contributed by atoms with Crippen LogP contribution in [0.25, 0.3) is 0 Å². The number of carbonyl (C=O) groups is 3. The van der Waals surface area contributed by atoms with Crippen LogP contribution in [0.5, 0.6) is 0 Å². The van der Waals surface area contributed by atoms with E-state index in [9.17, 15) is 14.4 Å². The summed E-state index contributed by atoms with van der Waals surface area (Å²) in [7, 11) is 0. The van der Waals surface area contributed by atoms with Gasteiger partial charge >= 0.3 is 0 Å². The maximum absolute atomic E-state index is 12.4. The van der Waals surface area contributed by atoms with Crippen LogP contribution in [0.2, 0.25) is 5.02 Å². The van der Waals surface area contributed by atoms with Gasteiger partial charge in [0, 0.05) is 26.1 Å². The number of hydrogen-bond acceptors (Lipinski definition) is 3. The molecule has 0 atom stereocenters. The molecule has 5 nitrogen and oxygen atoms in total. The molecule has 2 rings (SSSR count). The first-order valence-corrected chi connectivity index (χ1v) is 8.31. The molecule has 0 radical (unpaired) electrons. The average molecular weight is 337 g/mol. The van der Waals surface area contributed by atoms with Gasteiger partial charge in [0.2, 0.25) is 5.91 Å². The maximum atomic E-state index is 12.4. The van der Waals surface area contributed by atoms with Crippen LogP contribution < -0.4 is 0 Å². The van der Waals surface area contributed by atoms with E-state index in [2.05, 4.69) is 0 Å². The van der Waals surface area contributed by atoms with E-state index in [0.717, 1.165) is 17.7 Å². The fourth-order valence-corrected chi connectivity index (χ4v) is 3.02. The Balaban J connectivity index is 2.05. The highest BCUT2D eigenvalue weighted by Gasteiger charge is 2.37. The van der Waals surface area contributed by atoms with Crippen molar-refractivity contribution in [2.75, 3.05) is 19.6 Å². The number of halogens is 1. The van der Waals surface area contributed by atoms with Crippen molar-refractivity contribution in [1.29, 1.82) is 0 Å². The van der Waals surface area contributed by atoms with Crippen molar-refractivity contribution in [2.24, 2.45) is 0 Å². The third-order valence-electron chi connectivity index (χ3n) is 3.84. The topological polar surface area (TPSA) is 57.7 Å². The molecule has 1 aromatic rings. The fraction of sp³-hybridized carbons (Fsp3) is 0.471. The summed E-state index contributed by atoms with van der Waals surface area (Å²) >= 11 is 6.02. The Hall–Kier alpha value is -1.88. The van der Waals surface area contributed by atoms with Gasteiger partial charge in [-0.05, 0) is 25.0 Å². The summed E-state index contributed by atoms with van der Waals surface area (Å²) in [5.41, 5.74) is 0.555. The molecule has 0 saturated heterocycles. The van der Waals surface area contributed by atoms with Crippen molar-refractivity contribution >= 4 is 29.3 Å². The Morgan fingerprint density at radius 2 is 1.78 bits per heavy atom. The van der Waals surface area contributed by atoms with E-state index in [1.54, 1.807) is 23.1 Å². The zero-order valence-corrected chi connectivity index (χ0v) is 14.2. The van der Waals surface area contributed by atoms with Gasteiger partial charge in [-0.2, -0.15) is 0 Å². The summed E-state index contributed by atoms with van der Waals surface area (Å²) in [5.74, 6) is -0.824. The van der Waals surface area contributed by atoms with Gasteiger partial charge in [-0.15, -0.1) is 0 Å². The smallest absolute Gasteiger partial charge is 0.263 e. The van der Waals surface area contributed by atoms with Crippen molar-refractivity contribution in [3.8, 4) is 0 Å². The van der Waals surface area contributed by atoms with Gasteiger partial charge in [0.25, 0.3) is 11.8 Å². The summed E-state index contributed by atoms with van der Waals surface area (Å²) in [6.07, 6.45) is 1.91. The van der Waals surface area contributed by atoms with E-state index >= 15 is 0 Å². The Morgan fingerprint density at radius 1 is 1.13 bits per heavy atom. The molecule has 1 aliphatic rings. The zero-order valence-electron chi connectivity index (χ0n) is 13.5. The molecule has 124 valence electrons. The predicted octanol–water partition coefficient (Wildman–Crippen LogP) is 2.97. The molecule has 3 amide bonds. The standard InChI is InChI=1S/C17H21ClN2O3/c1-3-9-19(10-4-2)14(21)8-11-20-16(22)12-6-5-7-13(18)15(12)17(20)23/h5-7H,3-4,8-11H2,1-2H3. The second-order valence-corrected chi connectivity index (χ2v) is 5.96. The number of carbonyl (C=O) groups excluding carboxylic acids is 3. The molecule has 1 aromatic carbocycles. The highest BCUT2D eigenvalue weighted by atomic mass is 35.5. The largest absolute Gasteiger partial charge is 0.343 e. The number of amides is 3. The summed E-state index contributed by atoms with van der Waals surface area (Å²) in [4.78, 5) is 39.9. The van der Waals surface area contributed by atoms with Crippen LogP contribution in [0.1, 0.15) is 53.8 Å². The number of imide groups is 1. The van der Waals surface area contributed by atoms with E-state index in [4.69, 9.17) is 11.6 Å². The average Bonchev–Trinajstić information content (AvgIpc) is 2.77. The van der Waals surface area contributed by atoms with E-state index in [1.807, 2.05) is 13.8 Å². The second-order valence-electron chi connectivity index (χ2n) is 5.56. The molecule has 0 unspecified atom stereocenters. The summed E-state index contributed by atoms with van der Waals surface area (Å²) in [5, 5.41) is 0.272. The molecule has 0 N–H and O–H groups in total. The molecule has 1 heterocycles. The van der Waals surface area contributed by atoms with E-state index < -0.39 is 5.91 Å². The van der Waals surface area contributed by atoms with Crippen molar-refractivity contribution < 1.29 is 14.4 Å². The van der Waals surface area contributed by atoms with Gasteiger partial charge in [-0.25, -0.2) is 0 Å². The van der Waals surface area contributed by atoms with Gasteiger partial charge in [-0.3, -0.25) is 19.3 Å². The quantitative estimate of drug-likeness (QED) is 0.719. The first kappa shape index (κ1) is 17.5. The fourth-order valence-electron chi connectivity index (χ4n) is 2.76.